The molecule has 0 saturated heterocycles. The van der Waals surface area contributed by atoms with Gasteiger partial charge in [-0.15, -0.1) is 0 Å². The average molecular weight is 266 g/mol. The molecule has 1 aromatic carbocycles. The van der Waals surface area contributed by atoms with Crippen molar-refractivity contribution in [3.8, 4) is 5.75 Å². The van der Waals surface area contributed by atoms with Crippen molar-refractivity contribution in [2.75, 3.05) is 7.11 Å². The van der Waals surface area contributed by atoms with E-state index >= 15 is 0 Å². The van der Waals surface area contributed by atoms with Gasteiger partial charge in [0.15, 0.2) is 5.75 Å². The van der Waals surface area contributed by atoms with Gasteiger partial charge in [-0.2, -0.15) is 0 Å². The Labute approximate surface area is 111 Å². The molecule has 19 heavy (non-hydrogen) atoms. The van der Waals surface area contributed by atoms with E-state index in [0.29, 0.717) is 0 Å². The van der Waals surface area contributed by atoms with Crippen molar-refractivity contribution >= 4 is 11.6 Å². The van der Waals surface area contributed by atoms with Gasteiger partial charge in [0, 0.05) is 17.7 Å². The van der Waals surface area contributed by atoms with Crippen LogP contribution in [0.15, 0.2) is 18.2 Å². The molecule has 0 radical (unpaired) electrons. The van der Waals surface area contributed by atoms with Gasteiger partial charge in [0.1, 0.15) is 0 Å². The fourth-order valence-electron chi connectivity index (χ4n) is 1.43. The molecule has 0 saturated carbocycles. The van der Waals surface area contributed by atoms with Gasteiger partial charge >= 0.3 is 5.69 Å². The molecular formula is C13H18N2O4. The van der Waals surface area contributed by atoms with Crippen LogP contribution in [-0.4, -0.2) is 24.0 Å². The molecule has 0 heterocycles. The molecule has 0 aliphatic carbocycles. The lowest BCUT2D eigenvalue weighted by Crippen LogP contribution is -2.36. The minimum absolute atomic E-state index is 0.00587. The summed E-state index contributed by atoms with van der Waals surface area (Å²) in [5.41, 5.74) is 0.0346. The molecule has 0 aliphatic heterocycles. The maximum atomic E-state index is 12.0. The third-order valence-corrected chi connectivity index (χ3v) is 3.00. The van der Waals surface area contributed by atoms with E-state index in [-0.39, 0.29) is 34.9 Å². The van der Waals surface area contributed by atoms with Crippen LogP contribution in [0.3, 0.4) is 0 Å². The number of benzene rings is 1. The number of rotatable bonds is 5. The van der Waals surface area contributed by atoms with Gasteiger partial charge < -0.3 is 10.1 Å². The molecular weight excluding hydrogens is 248 g/mol. The van der Waals surface area contributed by atoms with Crippen LogP contribution in [0.1, 0.15) is 31.1 Å². The van der Waals surface area contributed by atoms with Crippen molar-refractivity contribution in [3.05, 3.63) is 33.9 Å². The Hall–Kier alpha value is -2.11. The van der Waals surface area contributed by atoms with Crippen LogP contribution in [0.2, 0.25) is 0 Å². The lowest BCUT2D eigenvalue weighted by Gasteiger charge is -2.17. The normalized spacial score (nSPS) is 12.1. The van der Waals surface area contributed by atoms with E-state index in [2.05, 4.69) is 5.32 Å². The standard InChI is InChI=1S/C13H18N2O4/c1-8(2)9(3)14-13(16)10-5-6-12(19-4)11(7-10)15(17)18/h5-9H,1-4H3,(H,14,16). The second-order valence-electron chi connectivity index (χ2n) is 4.65. The first-order valence-electron chi connectivity index (χ1n) is 6.00. The van der Waals surface area contributed by atoms with E-state index in [9.17, 15) is 14.9 Å². The summed E-state index contributed by atoms with van der Waals surface area (Å²) in [6, 6.07) is 4.15. The van der Waals surface area contributed by atoms with E-state index in [1.54, 1.807) is 0 Å². The van der Waals surface area contributed by atoms with Crippen molar-refractivity contribution in [1.29, 1.82) is 0 Å². The Morgan fingerprint density at radius 3 is 2.47 bits per heavy atom. The fraction of sp³-hybridized carbons (Fsp3) is 0.462. The maximum Gasteiger partial charge on any atom is 0.311 e. The Morgan fingerprint density at radius 1 is 1.37 bits per heavy atom. The highest BCUT2D eigenvalue weighted by Crippen LogP contribution is 2.27. The molecule has 104 valence electrons. The maximum absolute atomic E-state index is 12.0. The minimum Gasteiger partial charge on any atom is -0.490 e. The fourth-order valence-corrected chi connectivity index (χ4v) is 1.43. The zero-order valence-corrected chi connectivity index (χ0v) is 11.5. The summed E-state index contributed by atoms with van der Waals surface area (Å²) in [7, 11) is 1.35. The van der Waals surface area contributed by atoms with Gasteiger partial charge in [-0.05, 0) is 25.0 Å². The number of ether oxygens (including phenoxy) is 1. The molecule has 1 atom stereocenters. The summed E-state index contributed by atoms with van der Waals surface area (Å²) < 4.78 is 4.89. The molecule has 1 amide bonds. The SMILES string of the molecule is COc1ccc(C(=O)NC(C)C(C)C)cc1[N+](=O)[O-]. The minimum atomic E-state index is -0.568. The number of nitrogens with zero attached hydrogens (tertiary/aromatic N) is 1. The average Bonchev–Trinajstić information content (AvgIpc) is 2.37. The number of nitro benzene ring substituents is 1. The van der Waals surface area contributed by atoms with Gasteiger partial charge in [0.2, 0.25) is 0 Å². The second-order valence-corrected chi connectivity index (χ2v) is 4.65. The largest absolute Gasteiger partial charge is 0.490 e. The number of nitro groups is 1. The highest BCUT2D eigenvalue weighted by Gasteiger charge is 2.19. The van der Waals surface area contributed by atoms with E-state index in [1.165, 1.54) is 25.3 Å². The van der Waals surface area contributed by atoms with Gasteiger partial charge in [-0.3, -0.25) is 14.9 Å². The van der Waals surface area contributed by atoms with Gasteiger partial charge in [-0.1, -0.05) is 13.8 Å². The van der Waals surface area contributed by atoms with E-state index < -0.39 is 4.92 Å². The summed E-state index contributed by atoms with van der Waals surface area (Å²) >= 11 is 0. The van der Waals surface area contributed by atoms with E-state index in [4.69, 9.17) is 4.74 Å². The molecule has 0 bridgehead atoms. The van der Waals surface area contributed by atoms with E-state index in [1.807, 2.05) is 20.8 Å². The van der Waals surface area contributed by atoms with Crippen LogP contribution in [-0.2, 0) is 0 Å². The molecule has 6 nitrogen and oxygen atoms in total. The molecule has 0 fully saturated rings. The highest BCUT2D eigenvalue weighted by molar-refractivity contribution is 5.95. The van der Waals surface area contributed by atoms with Crippen LogP contribution in [0, 0.1) is 16.0 Å². The summed E-state index contributed by atoms with van der Waals surface area (Å²) in [5.74, 6) is 0.0996. The first-order chi connectivity index (χ1) is 8.86. The molecule has 0 aliphatic rings. The first-order valence-corrected chi connectivity index (χ1v) is 6.00. The molecule has 6 heteroatoms. The quantitative estimate of drug-likeness (QED) is 0.655. The van der Waals surface area contributed by atoms with Gasteiger partial charge in [-0.25, -0.2) is 0 Å². The van der Waals surface area contributed by atoms with Gasteiger partial charge in [0.05, 0.1) is 12.0 Å². The third kappa shape index (κ3) is 3.67. The van der Waals surface area contributed by atoms with Crippen LogP contribution in [0.5, 0.6) is 5.75 Å². The number of nitrogens with one attached hydrogen (secondary N) is 1. The van der Waals surface area contributed by atoms with Gasteiger partial charge in [0.25, 0.3) is 5.91 Å². The van der Waals surface area contributed by atoms with Crippen molar-refractivity contribution in [1.82, 2.24) is 5.32 Å². The Balaban J connectivity index is 2.99. The summed E-state index contributed by atoms with van der Waals surface area (Å²) in [6.07, 6.45) is 0. The number of amides is 1. The van der Waals surface area contributed by atoms with Crippen LogP contribution in [0.25, 0.3) is 0 Å². The number of carbonyl (C=O) groups excluding carboxylic acids is 1. The predicted molar refractivity (Wildman–Crippen MR) is 71.4 cm³/mol. The molecule has 0 aromatic heterocycles. The molecule has 1 rings (SSSR count). The van der Waals surface area contributed by atoms with Crippen molar-refractivity contribution in [3.63, 3.8) is 0 Å². The topological polar surface area (TPSA) is 81.5 Å². The van der Waals surface area contributed by atoms with Crippen molar-refractivity contribution in [2.24, 2.45) is 5.92 Å². The molecule has 1 N–H and O–H groups in total. The smallest absolute Gasteiger partial charge is 0.311 e. The Bertz CT molecular complexity index is 486. The van der Waals surface area contributed by atoms with Crippen molar-refractivity contribution in [2.45, 2.75) is 26.8 Å². The van der Waals surface area contributed by atoms with Crippen LogP contribution in [0.4, 0.5) is 5.69 Å². The van der Waals surface area contributed by atoms with Crippen LogP contribution >= 0.6 is 0 Å². The predicted octanol–water partition coefficient (Wildman–Crippen LogP) is 2.38. The van der Waals surface area contributed by atoms with E-state index in [0.717, 1.165) is 0 Å². The van der Waals surface area contributed by atoms with Crippen molar-refractivity contribution < 1.29 is 14.5 Å². The highest BCUT2D eigenvalue weighted by atomic mass is 16.6. The zero-order valence-electron chi connectivity index (χ0n) is 11.5. The lowest BCUT2D eigenvalue weighted by atomic mass is 10.1. The summed E-state index contributed by atoms with van der Waals surface area (Å²) in [5, 5.41) is 13.7. The molecule has 1 aromatic rings. The second kappa shape index (κ2) is 6.17. The number of hydrogen-bond donors (Lipinski definition) is 1. The third-order valence-electron chi connectivity index (χ3n) is 3.00. The monoisotopic (exact) mass is 266 g/mol. The Kier molecular flexibility index (Phi) is 4.86. The number of hydrogen-bond acceptors (Lipinski definition) is 4. The molecule has 0 spiro atoms. The summed E-state index contributed by atoms with van der Waals surface area (Å²) in [4.78, 5) is 22.3. The zero-order chi connectivity index (χ0) is 14.6. The Morgan fingerprint density at radius 2 is 2.00 bits per heavy atom. The van der Waals surface area contributed by atoms with Crippen LogP contribution < -0.4 is 10.1 Å². The first kappa shape index (κ1) is 14.9. The number of methoxy groups -OCH3 is 1. The lowest BCUT2D eigenvalue weighted by molar-refractivity contribution is -0.385. The molecule has 1 unspecified atom stereocenters. The summed E-state index contributed by atoms with van der Waals surface area (Å²) in [6.45, 7) is 5.86. The number of carbonyl (C=O) groups is 1.